The SMILES string of the molecule is C=CCN1C(=O)/C(=C/c2ccc(O)cc2)SC1=Nc1cccc(C(=O)O)c1. The Kier molecular flexibility index (Phi) is 5.42. The summed E-state index contributed by atoms with van der Waals surface area (Å²) >= 11 is 1.20. The molecule has 1 aliphatic rings. The first-order valence-electron chi connectivity index (χ1n) is 8.01. The Morgan fingerprint density at radius 1 is 1.22 bits per heavy atom. The number of aliphatic imine (C=N–C) groups is 1. The van der Waals surface area contributed by atoms with Crippen molar-refractivity contribution in [2.24, 2.45) is 4.99 Å². The summed E-state index contributed by atoms with van der Waals surface area (Å²) in [7, 11) is 0. The van der Waals surface area contributed by atoms with Crippen LogP contribution in [0.4, 0.5) is 5.69 Å². The summed E-state index contributed by atoms with van der Waals surface area (Å²) in [6, 6.07) is 12.7. The Bertz CT molecular complexity index is 964. The molecule has 2 aromatic carbocycles. The summed E-state index contributed by atoms with van der Waals surface area (Å²) in [5.41, 5.74) is 1.35. The maximum absolute atomic E-state index is 12.7. The standard InChI is InChI=1S/C20H16N2O4S/c1-2-10-22-18(24)17(11-13-6-8-16(23)9-7-13)27-20(22)21-15-5-3-4-14(12-15)19(25)26/h2-9,11-12,23H,1,10H2,(H,25,26)/b17-11-,21-20?. The van der Waals surface area contributed by atoms with Crippen molar-refractivity contribution < 1.29 is 19.8 Å². The normalized spacial score (nSPS) is 16.9. The second-order valence-electron chi connectivity index (χ2n) is 5.66. The van der Waals surface area contributed by atoms with Crippen LogP contribution in [0.3, 0.4) is 0 Å². The molecule has 3 rings (SSSR count). The molecule has 1 aliphatic heterocycles. The molecule has 0 bridgehead atoms. The Morgan fingerprint density at radius 2 is 1.96 bits per heavy atom. The summed E-state index contributed by atoms with van der Waals surface area (Å²) in [6.07, 6.45) is 3.32. The van der Waals surface area contributed by atoms with E-state index in [1.165, 1.54) is 28.8 Å². The maximum atomic E-state index is 12.7. The average molecular weight is 380 g/mol. The lowest BCUT2D eigenvalue weighted by Gasteiger charge is -2.12. The minimum absolute atomic E-state index is 0.126. The molecule has 0 aliphatic carbocycles. The van der Waals surface area contributed by atoms with Gasteiger partial charge in [0.25, 0.3) is 5.91 Å². The predicted molar refractivity (Wildman–Crippen MR) is 106 cm³/mol. The zero-order valence-corrected chi connectivity index (χ0v) is 15.0. The van der Waals surface area contributed by atoms with Crippen molar-refractivity contribution >= 4 is 40.6 Å². The lowest BCUT2D eigenvalue weighted by molar-refractivity contribution is -0.121. The number of aromatic hydroxyl groups is 1. The smallest absolute Gasteiger partial charge is 0.335 e. The average Bonchev–Trinajstić information content (AvgIpc) is 2.93. The van der Waals surface area contributed by atoms with Crippen LogP contribution in [0.15, 0.2) is 71.1 Å². The van der Waals surface area contributed by atoms with Gasteiger partial charge in [-0.15, -0.1) is 6.58 Å². The van der Waals surface area contributed by atoms with Crippen molar-refractivity contribution in [2.45, 2.75) is 0 Å². The molecule has 2 N–H and O–H groups in total. The van der Waals surface area contributed by atoms with E-state index in [0.29, 0.717) is 15.8 Å². The maximum Gasteiger partial charge on any atom is 0.335 e. The van der Waals surface area contributed by atoms with E-state index >= 15 is 0 Å². The summed E-state index contributed by atoms with van der Waals surface area (Å²) < 4.78 is 0. The van der Waals surface area contributed by atoms with Gasteiger partial charge in [-0.25, -0.2) is 9.79 Å². The predicted octanol–water partition coefficient (Wildman–Crippen LogP) is 3.88. The molecule has 0 radical (unpaired) electrons. The molecule has 1 fully saturated rings. The zero-order chi connectivity index (χ0) is 19.4. The van der Waals surface area contributed by atoms with Crippen LogP contribution in [-0.4, -0.2) is 38.7 Å². The van der Waals surface area contributed by atoms with Gasteiger partial charge in [0.1, 0.15) is 5.75 Å². The number of rotatable bonds is 5. The van der Waals surface area contributed by atoms with Crippen molar-refractivity contribution in [3.8, 4) is 5.75 Å². The lowest BCUT2D eigenvalue weighted by Crippen LogP contribution is -2.29. The van der Waals surface area contributed by atoms with E-state index < -0.39 is 5.97 Å². The van der Waals surface area contributed by atoms with Gasteiger partial charge in [0.15, 0.2) is 5.17 Å². The molecule has 0 atom stereocenters. The first kappa shape index (κ1) is 18.5. The quantitative estimate of drug-likeness (QED) is 0.607. The van der Waals surface area contributed by atoms with Gasteiger partial charge in [-0.1, -0.05) is 24.3 Å². The van der Waals surface area contributed by atoms with Gasteiger partial charge in [0.2, 0.25) is 0 Å². The van der Waals surface area contributed by atoms with E-state index in [1.54, 1.807) is 48.6 Å². The number of carbonyl (C=O) groups excluding carboxylic acids is 1. The topological polar surface area (TPSA) is 90.2 Å². The van der Waals surface area contributed by atoms with Crippen molar-refractivity contribution in [1.29, 1.82) is 0 Å². The van der Waals surface area contributed by atoms with Crippen molar-refractivity contribution in [3.05, 3.63) is 77.2 Å². The minimum Gasteiger partial charge on any atom is -0.508 e. The number of hydrogen-bond acceptors (Lipinski definition) is 5. The van der Waals surface area contributed by atoms with Gasteiger partial charge < -0.3 is 10.2 Å². The fourth-order valence-electron chi connectivity index (χ4n) is 2.42. The highest BCUT2D eigenvalue weighted by molar-refractivity contribution is 8.18. The van der Waals surface area contributed by atoms with E-state index in [-0.39, 0.29) is 23.8 Å². The van der Waals surface area contributed by atoms with Gasteiger partial charge in [-0.3, -0.25) is 9.69 Å². The molecular weight excluding hydrogens is 364 g/mol. The van der Waals surface area contributed by atoms with E-state index in [9.17, 15) is 14.7 Å². The zero-order valence-electron chi connectivity index (χ0n) is 14.2. The Labute approximate surface area is 160 Å². The van der Waals surface area contributed by atoms with E-state index in [4.69, 9.17) is 5.11 Å². The van der Waals surface area contributed by atoms with Crippen molar-refractivity contribution in [2.75, 3.05) is 6.54 Å². The Hall–Kier alpha value is -3.32. The monoisotopic (exact) mass is 380 g/mol. The summed E-state index contributed by atoms with van der Waals surface area (Å²) in [4.78, 5) is 30.3. The van der Waals surface area contributed by atoms with Crippen LogP contribution in [0.5, 0.6) is 5.75 Å². The lowest BCUT2D eigenvalue weighted by atomic mass is 10.2. The summed E-state index contributed by atoms with van der Waals surface area (Å²) in [5, 5.41) is 18.9. The number of amides is 1. The highest BCUT2D eigenvalue weighted by Crippen LogP contribution is 2.34. The number of carbonyl (C=O) groups is 2. The van der Waals surface area contributed by atoms with Gasteiger partial charge in [0.05, 0.1) is 16.2 Å². The van der Waals surface area contributed by atoms with Crippen molar-refractivity contribution in [3.63, 3.8) is 0 Å². The van der Waals surface area contributed by atoms with Gasteiger partial charge >= 0.3 is 5.97 Å². The van der Waals surface area contributed by atoms with Crippen LogP contribution in [0, 0.1) is 0 Å². The highest BCUT2D eigenvalue weighted by Gasteiger charge is 2.32. The van der Waals surface area contributed by atoms with Gasteiger partial charge in [-0.05, 0) is 53.7 Å². The molecule has 27 heavy (non-hydrogen) atoms. The number of thioether (sulfide) groups is 1. The fourth-order valence-corrected chi connectivity index (χ4v) is 3.43. The number of aromatic carboxylic acids is 1. The number of nitrogens with zero attached hydrogens (tertiary/aromatic N) is 2. The van der Waals surface area contributed by atoms with E-state index in [1.807, 2.05) is 0 Å². The van der Waals surface area contributed by atoms with Crippen LogP contribution < -0.4 is 0 Å². The minimum atomic E-state index is -1.04. The van der Waals surface area contributed by atoms with Crippen LogP contribution >= 0.6 is 11.8 Å². The first-order chi connectivity index (χ1) is 13.0. The Morgan fingerprint density at radius 3 is 2.63 bits per heavy atom. The van der Waals surface area contributed by atoms with Crippen LogP contribution in [0.1, 0.15) is 15.9 Å². The molecule has 1 saturated heterocycles. The third-order valence-corrected chi connectivity index (χ3v) is 4.72. The number of hydrogen-bond donors (Lipinski definition) is 2. The molecule has 1 heterocycles. The molecule has 0 aromatic heterocycles. The highest BCUT2D eigenvalue weighted by atomic mass is 32.2. The van der Waals surface area contributed by atoms with Crippen LogP contribution in [-0.2, 0) is 4.79 Å². The molecule has 1 amide bonds. The third-order valence-electron chi connectivity index (χ3n) is 3.71. The number of phenols is 1. The summed E-state index contributed by atoms with van der Waals surface area (Å²) in [6.45, 7) is 3.96. The van der Waals surface area contributed by atoms with Crippen molar-refractivity contribution in [1.82, 2.24) is 4.90 Å². The van der Waals surface area contributed by atoms with Crippen LogP contribution in [0.2, 0.25) is 0 Å². The first-order valence-corrected chi connectivity index (χ1v) is 8.83. The molecule has 2 aromatic rings. The number of benzene rings is 2. The van der Waals surface area contributed by atoms with Gasteiger partial charge in [-0.2, -0.15) is 0 Å². The molecule has 0 spiro atoms. The second kappa shape index (κ2) is 7.92. The summed E-state index contributed by atoms with van der Waals surface area (Å²) in [5.74, 6) is -1.10. The van der Waals surface area contributed by atoms with E-state index in [0.717, 1.165) is 5.56 Å². The number of carboxylic acid groups (broad SMARTS) is 1. The number of amidine groups is 1. The Balaban J connectivity index is 1.95. The van der Waals surface area contributed by atoms with E-state index in [2.05, 4.69) is 11.6 Å². The molecule has 0 unspecified atom stereocenters. The van der Waals surface area contributed by atoms with Gasteiger partial charge in [0, 0.05) is 6.54 Å². The molecule has 6 nitrogen and oxygen atoms in total. The molecule has 0 saturated carbocycles. The number of carboxylic acids is 1. The largest absolute Gasteiger partial charge is 0.508 e. The molecule has 7 heteroatoms. The fraction of sp³-hybridized carbons (Fsp3) is 0.0500. The van der Waals surface area contributed by atoms with Crippen LogP contribution in [0.25, 0.3) is 6.08 Å². The second-order valence-corrected chi connectivity index (χ2v) is 6.67. The third kappa shape index (κ3) is 4.27. The number of phenolic OH excluding ortho intramolecular Hbond substituents is 1. The molecule has 136 valence electrons. The molecular formula is C20H16N2O4S.